The van der Waals surface area contributed by atoms with E-state index in [0.29, 0.717) is 12.1 Å². The molecule has 1 fully saturated rings. The molecule has 1 N–H and O–H groups in total. The Morgan fingerprint density at radius 1 is 1.20 bits per heavy atom. The zero-order valence-corrected chi connectivity index (χ0v) is 12.1. The van der Waals surface area contributed by atoms with Crippen LogP contribution in [0.4, 0.5) is 0 Å². The number of nitrogens with one attached hydrogen (secondary N) is 1. The maximum absolute atomic E-state index is 4.78. The first-order valence-electron chi connectivity index (χ1n) is 7.63. The molecule has 0 radical (unpaired) electrons. The molecule has 3 nitrogen and oxygen atoms in total. The third-order valence-corrected chi connectivity index (χ3v) is 4.33. The average molecular weight is 269 g/mol. The van der Waals surface area contributed by atoms with Gasteiger partial charge in [-0.2, -0.15) is 5.10 Å². The fourth-order valence-corrected chi connectivity index (χ4v) is 3.14. The first kappa shape index (κ1) is 13.4. The maximum Gasteiger partial charge on any atom is 0.0643 e. The van der Waals surface area contributed by atoms with E-state index in [1.165, 1.54) is 36.9 Å². The highest BCUT2D eigenvalue weighted by Crippen LogP contribution is 2.29. The molecule has 0 bridgehead atoms. The Hall–Kier alpha value is -1.61. The normalized spacial score (nSPS) is 17.4. The number of hydrogen-bond acceptors (Lipinski definition) is 2. The number of likely N-dealkylation sites (N-methyl/N-ethyl adjacent to an activating group) is 1. The summed E-state index contributed by atoms with van der Waals surface area (Å²) in [5, 5.41) is 8.18. The third kappa shape index (κ3) is 2.93. The zero-order valence-electron chi connectivity index (χ0n) is 12.1. The number of hydrogen-bond donors (Lipinski definition) is 1. The Bertz CT molecular complexity index is 526. The van der Waals surface area contributed by atoms with Crippen molar-refractivity contribution < 1.29 is 0 Å². The molecule has 1 aromatic carbocycles. The third-order valence-electron chi connectivity index (χ3n) is 4.33. The van der Waals surface area contributed by atoms with Crippen molar-refractivity contribution in [1.82, 2.24) is 15.1 Å². The molecule has 20 heavy (non-hydrogen) atoms. The van der Waals surface area contributed by atoms with Crippen LogP contribution in [0.15, 0.2) is 42.6 Å². The van der Waals surface area contributed by atoms with Crippen LogP contribution in [-0.2, 0) is 6.42 Å². The van der Waals surface area contributed by atoms with Gasteiger partial charge in [0.15, 0.2) is 0 Å². The van der Waals surface area contributed by atoms with E-state index in [1.807, 2.05) is 7.05 Å². The minimum atomic E-state index is 0.336. The van der Waals surface area contributed by atoms with Crippen LogP contribution in [0.1, 0.15) is 49.0 Å². The molecule has 0 spiro atoms. The van der Waals surface area contributed by atoms with Gasteiger partial charge in [-0.1, -0.05) is 43.2 Å². The molecule has 1 heterocycles. The van der Waals surface area contributed by atoms with E-state index in [0.717, 1.165) is 6.42 Å². The molecular weight excluding hydrogens is 246 g/mol. The van der Waals surface area contributed by atoms with E-state index in [-0.39, 0.29) is 0 Å². The predicted molar refractivity (Wildman–Crippen MR) is 81.7 cm³/mol. The van der Waals surface area contributed by atoms with E-state index >= 15 is 0 Å². The Labute approximate surface area is 121 Å². The van der Waals surface area contributed by atoms with Gasteiger partial charge in [-0.3, -0.25) is 4.68 Å². The topological polar surface area (TPSA) is 29.9 Å². The van der Waals surface area contributed by atoms with Crippen molar-refractivity contribution in [2.45, 2.75) is 44.2 Å². The highest BCUT2D eigenvalue weighted by molar-refractivity contribution is 5.20. The van der Waals surface area contributed by atoms with Crippen LogP contribution in [-0.4, -0.2) is 16.8 Å². The van der Waals surface area contributed by atoms with Gasteiger partial charge in [0.05, 0.1) is 11.7 Å². The minimum absolute atomic E-state index is 0.336. The molecule has 1 aliphatic rings. The average Bonchev–Trinajstić information content (AvgIpc) is 3.16. The van der Waals surface area contributed by atoms with Crippen molar-refractivity contribution in [2.75, 3.05) is 7.05 Å². The van der Waals surface area contributed by atoms with Gasteiger partial charge in [0.1, 0.15) is 0 Å². The molecule has 0 amide bonds. The van der Waals surface area contributed by atoms with Crippen LogP contribution in [0.5, 0.6) is 0 Å². The number of aromatic nitrogens is 2. The summed E-state index contributed by atoms with van der Waals surface area (Å²) in [6.45, 7) is 0. The van der Waals surface area contributed by atoms with Crippen molar-refractivity contribution >= 4 is 0 Å². The van der Waals surface area contributed by atoms with Crippen LogP contribution >= 0.6 is 0 Å². The van der Waals surface area contributed by atoms with Crippen LogP contribution in [0.25, 0.3) is 0 Å². The van der Waals surface area contributed by atoms with Crippen LogP contribution in [0.2, 0.25) is 0 Å². The smallest absolute Gasteiger partial charge is 0.0643 e. The maximum atomic E-state index is 4.78. The molecule has 2 aromatic rings. The number of rotatable bonds is 5. The molecule has 1 aliphatic carbocycles. The zero-order chi connectivity index (χ0) is 13.8. The number of benzene rings is 1. The lowest BCUT2D eigenvalue weighted by atomic mass is 10.0. The monoisotopic (exact) mass is 269 g/mol. The van der Waals surface area contributed by atoms with Gasteiger partial charge >= 0.3 is 0 Å². The molecule has 1 unspecified atom stereocenters. The summed E-state index contributed by atoms with van der Waals surface area (Å²) in [5.41, 5.74) is 2.51. The molecule has 3 heteroatoms. The molecule has 1 saturated carbocycles. The summed E-state index contributed by atoms with van der Waals surface area (Å²) >= 11 is 0. The highest BCUT2D eigenvalue weighted by Gasteiger charge is 2.18. The summed E-state index contributed by atoms with van der Waals surface area (Å²) in [6, 6.07) is 13.7. The van der Waals surface area contributed by atoms with Crippen molar-refractivity contribution in [1.29, 1.82) is 0 Å². The number of nitrogens with zero attached hydrogens (tertiary/aromatic N) is 2. The summed E-state index contributed by atoms with van der Waals surface area (Å²) in [7, 11) is 2.02. The first-order valence-corrected chi connectivity index (χ1v) is 7.63. The van der Waals surface area contributed by atoms with Gasteiger partial charge in [0, 0.05) is 18.7 Å². The van der Waals surface area contributed by atoms with Crippen LogP contribution in [0, 0.1) is 0 Å². The second kappa shape index (κ2) is 6.23. The Morgan fingerprint density at radius 3 is 2.65 bits per heavy atom. The summed E-state index contributed by atoms with van der Waals surface area (Å²) < 4.78 is 2.18. The second-order valence-electron chi connectivity index (χ2n) is 5.68. The molecule has 106 valence electrons. The van der Waals surface area contributed by atoms with E-state index in [2.05, 4.69) is 52.6 Å². The molecule has 1 aromatic heterocycles. The lowest BCUT2D eigenvalue weighted by molar-refractivity contribution is 0.459. The predicted octanol–water partition coefficient (Wildman–Crippen LogP) is 3.50. The Morgan fingerprint density at radius 2 is 1.95 bits per heavy atom. The van der Waals surface area contributed by atoms with Crippen molar-refractivity contribution in [3.05, 3.63) is 53.9 Å². The SMILES string of the molecule is CNC(Cc1ccn(C2CCCC2)n1)c1ccccc1. The first-order chi connectivity index (χ1) is 9.86. The van der Waals surface area contributed by atoms with Crippen molar-refractivity contribution in [3.63, 3.8) is 0 Å². The standard InChI is InChI=1S/C17H23N3/c1-18-17(14-7-3-2-4-8-14)13-15-11-12-20(19-15)16-9-5-6-10-16/h2-4,7-8,11-12,16-18H,5-6,9-10,13H2,1H3. The Kier molecular flexibility index (Phi) is 4.16. The van der Waals surface area contributed by atoms with Crippen molar-refractivity contribution in [2.24, 2.45) is 0 Å². The quantitative estimate of drug-likeness (QED) is 0.900. The van der Waals surface area contributed by atoms with Crippen LogP contribution < -0.4 is 5.32 Å². The summed E-state index contributed by atoms with van der Waals surface area (Å²) in [5.74, 6) is 0. The molecule has 1 atom stereocenters. The van der Waals surface area contributed by atoms with Gasteiger partial charge < -0.3 is 5.32 Å². The fourth-order valence-electron chi connectivity index (χ4n) is 3.14. The fraction of sp³-hybridized carbons (Fsp3) is 0.471. The lowest BCUT2D eigenvalue weighted by Crippen LogP contribution is -2.19. The summed E-state index contributed by atoms with van der Waals surface area (Å²) in [6.07, 6.45) is 8.37. The van der Waals surface area contributed by atoms with Gasteiger partial charge in [0.25, 0.3) is 0 Å². The molecule has 0 aliphatic heterocycles. The molecule has 0 saturated heterocycles. The Balaban J connectivity index is 1.70. The lowest BCUT2D eigenvalue weighted by Gasteiger charge is -2.15. The van der Waals surface area contributed by atoms with Gasteiger partial charge in [-0.25, -0.2) is 0 Å². The van der Waals surface area contributed by atoms with E-state index in [9.17, 15) is 0 Å². The second-order valence-corrected chi connectivity index (χ2v) is 5.68. The highest BCUT2D eigenvalue weighted by atomic mass is 15.3. The molecular formula is C17H23N3. The van der Waals surface area contributed by atoms with Gasteiger partial charge in [-0.15, -0.1) is 0 Å². The van der Waals surface area contributed by atoms with Crippen molar-refractivity contribution in [3.8, 4) is 0 Å². The van der Waals surface area contributed by atoms with E-state index in [1.54, 1.807) is 0 Å². The van der Waals surface area contributed by atoms with E-state index in [4.69, 9.17) is 5.10 Å². The molecule has 3 rings (SSSR count). The largest absolute Gasteiger partial charge is 0.313 e. The van der Waals surface area contributed by atoms with Crippen LogP contribution in [0.3, 0.4) is 0 Å². The minimum Gasteiger partial charge on any atom is -0.313 e. The summed E-state index contributed by atoms with van der Waals surface area (Å²) in [4.78, 5) is 0. The van der Waals surface area contributed by atoms with E-state index < -0.39 is 0 Å². The van der Waals surface area contributed by atoms with Gasteiger partial charge in [0.2, 0.25) is 0 Å². The van der Waals surface area contributed by atoms with Gasteiger partial charge in [-0.05, 0) is 31.5 Å².